The Bertz CT molecular complexity index is 1190. The smallest absolute Gasteiger partial charge is 0.429 e. The second kappa shape index (κ2) is 13.7. The largest absolute Gasteiger partial charge is 0.457 e. The van der Waals surface area contributed by atoms with Gasteiger partial charge in [-0.2, -0.15) is 0 Å². The number of hydrogen-bond acceptors (Lipinski definition) is 8. The van der Waals surface area contributed by atoms with Crippen molar-refractivity contribution in [2.24, 2.45) is 0 Å². The van der Waals surface area contributed by atoms with Crippen molar-refractivity contribution in [3.63, 3.8) is 0 Å². The lowest BCUT2D eigenvalue weighted by atomic mass is 10.2. The predicted octanol–water partition coefficient (Wildman–Crippen LogP) is 5.68. The van der Waals surface area contributed by atoms with E-state index < -0.39 is 29.1 Å². The van der Waals surface area contributed by atoms with Crippen LogP contribution < -0.4 is 10.4 Å². The van der Waals surface area contributed by atoms with E-state index in [2.05, 4.69) is 5.43 Å². The zero-order valence-corrected chi connectivity index (χ0v) is 24.7. The van der Waals surface area contributed by atoms with Gasteiger partial charge in [-0.1, -0.05) is 30.3 Å². The quantitative estimate of drug-likeness (QED) is 0.369. The van der Waals surface area contributed by atoms with Crippen LogP contribution in [0.1, 0.15) is 70.3 Å². The number of esters is 1. The van der Waals surface area contributed by atoms with E-state index in [1.54, 1.807) is 25.8 Å². The molecule has 0 aliphatic carbocycles. The van der Waals surface area contributed by atoms with E-state index in [4.69, 9.17) is 14.2 Å². The fraction of sp³-hybridized carbons (Fsp3) is 0.500. The molecule has 0 atom stereocenters. The summed E-state index contributed by atoms with van der Waals surface area (Å²) in [6, 6.07) is 13.3. The SMILES string of the molecule is CC(C)(C)OC(=O)N1CCCN1.CC(C)(C)OC(=O)N1CCCN1c1ccc(F)c(C(=O)OCc2ccccc2)c1. The number of anilines is 1. The van der Waals surface area contributed by atoms with Gasteiger partial charge in [0.1, 0.15) is 23.6 Å². The Morgan fingerprint density at radius 3 is 2.12 bits per heavy atom. The van der Waals surface area contributed by atoms with Crippen LogP contribution in [0, 0.1) is 5.82 Å². The third kappa shape index (κ3) is 9.93. The highest BCUT2D eigenvalue weighted by molar-refractivity contribution is 5.91. The van der Waals surface area contributed by atoms with Gasteiger partial charge in [0.2, 0.25) is 0 Å². The molecule has 2 amide bonds. The van der Waals surface area contributed by atoms with Crippen molar-refractivity contribution in [3.8, 4) is 0 Å². The number of halogens is 1. The lowest BCUT2D eigenvalue weighted by molar-refractivity contribution is 0.0209. The molecule has 2 aliphatic heterocycles. The summed E-state index contributed by atoms with van der Waals surface area (Å²) in [5.41, 5.74) is 3.08. The number of nitrogens with zero attached hydrogens (tertiary/aromatic N) is 3. The molecule has 10 nitrogen and oxygen atoms in total. The molecule has 2 aromatic carbocycles. The molecule has 2 fully saturated rings. The van der Waals surface area contributed by atoms with E-state index in [1.807, 2.05) is 51.1 Å². The zero-order valence-electron chi connectivity index (χ0n) is 24.7. The monoisotopic (exact) mass is 572 g/mol. The summed E-state index contributed by atoms with van der Waals surface area (Å²) in [6.45, 7) is 13.7. The Balaban J connectivity index is 0.000000322. The minimum absolute atomic E-state index is 0.0527. The molecule has 2 saturated heterocycles. The molecule has 41 heavy (non-hydrogen) atoms. The first-order valence-electron chi connectivity index (χ1n) is 13.8. The third-order valence-electron chi connectivity index (χ3n) is 5.79. The summed E-state index contributed by atoms with van der Waals surface area (Å²) in [7, 11) is 0. The van der Waals surface area contributed by atoms with Crippen molar-refractivity contribution < 1.29 is 33.0 Å². The topological polar surface area (TPSA) is 101 Å². The molecule has 1 N–H and O–H groups in total. The number of amides is 2. The van der Waals surface area contributed by atoms with Crippen molar-refractivity contribution >= 4 is 23.8 Å². The lowest BCUT2D eigenvalue weighted by Crippen LogP contribution is -2.44. The lowest BCUT2D eigenvalue weighted by Gasteiger charge is -2.32. The minimum atomic E-state index is -0.754. The van der Waals surface area contributed by atoms with E-state index >= 15 is 0 Å². The molecule has 0 aromatic heterocycles. The zero-order chi connectivity index (χ0) is 30.2. The van der Waals surface area contributed by atoms with Gasteiger partial charge in [-0.25, -0.2) is 34.2 Å². The molecule has 0 spiro atoms. The Kier molecular flexibility index (Phi) is 10.6. The molecule has 4 rings (SSSR count). The second-order valence-electron chi connectivity index (χ2n) is 11.7. The number of hydrogen-bond donors (Lipinski definition) is 1. The first-order valence-corrected chi connectivity index (χ1v) is 13.8. The molecular formula is C30H41FN4O6. The van der Waals surface area contributed by atoms with Crippen molar-refractivity contribution in [3.05, 3.63) is 65.5 Å². The van der Waals surface area contributed by atoms with Crippen LogP contribution >= 0.6 is 0 Å². The highest BCUT2D eigenvalue weighted by atomic mass is 19.1. The van der Waals surface area contributed by atoms with E-state index in [1.165, 1.54) is 28.2 Å². The number of rotatable bonds is 4. The van der Waals surface area contributed by atoms with Gasteiger partial charge >= 0.3 is 18.2 Å². The average Bonchev–Trinajstić information content (AvgIpc) is 3.60. The van der Waals surface area contributed by atoms with Crippen LogP contribution in [0.3, 0.4) is 0 Å². The van der Waals surface area contributed by atoms with E-state index in [9.17, 15) is 18.8 Å². The predicted molar refractivity (Wildman–Crippen MR) is 152 cm³/mol. The van der Waals surface area contributed by atoms with Gasteiger partial charge < -0.3 is 14.2 Å². The fourth-order valence-corrected chi connectivity index (χ4v) is 4.02. The van der Waals surface area contributed by atoms with Gasteiger partial charge in [0.05, 0.1) is 11.3 Å². The molecule has 2 aliphatic rings. The minimum Gasteiger partial charge on any atom is -0.457 e. The van der Waals surface area contributed by atoms with Gasteiger partial charge in [-0.15, -0.1) is 0 Å². The van der Waals surface area contributed by atoms with Crippen molar-refractivity contribution in [2.45, 2.75) is 72.2 Å². The molecule has 0 saturated carbocycles. The normalized spacial score (nSPS) is 15.2. The number of hydrazine groups is 2. The Hall–Kier alpha value is -3.86. The maximum absolute atomic E-state index is 14.3. The molecule has 11 heteroatoms. The molecule has 2 heterocycles. The van der Waals surface area contributed by atoms with Crippen molar-refractivity contribution in [1.29, 1.82) is 0 Å². The summed E-state index contributed by atoms with van der Waals surface area (Å²) in [4.78, 5) is 36.2. The van der Waals surface area contributed by atoms with Crippen LogP contribution in [0.15, 0.2) is 48.5 Å². The van der Waals surface area contributed by atoms with Gasteiger partial charge in [0.15, 0.2) is 0 Å². The molecular weight excluding hydrogens is 531 g/mol. The van der Waals surface area contributed by atoms with Gasteiger partial charge in [-0.05, 0) is 78.1 Å². The highest BCUT2D eigenvalue weighted by Gasteiger charge is 2.32. The summed E-state index contributed by atoms with van der Waals surface area (Å²) in [5, 5.41) is 4.68. The molecule has 0 unspecified atom stereocenters. The first kappa shape index (κ1) is 31.7. The number of benzene rings is 2. The van der Waals surface area contributed by atoms with Gasteiger partial charge in [0.25, 0.3) is 0 Å². The van der Waals surface area contributed by atoms with Crippen LogP contribution in [0.25, 0.3) is 0 Å². The Morgan fingerprint density at radius 2 is 1.51 bits per heavy atom. The van der Waals surface area contributed by atoms with Crippen LogP contribution in [0.2, 0.25) is 0 Å². The molecule has 0 bridgehead atoms. The number of carbonyl (C=O) groups is 3. The summed E-state index contributed by atoms with van der Waals surface area (Å²) >= 11 is 0. The maximum Gasteiger partial charge on any atom is 0.429 e. The molecule has 0 radical (unpaired) electrons. The van der Waals surface area contributed by atoms with Crippen molar-refractivity contribution in [1.82, 2.24) is 15.4 Å². The van der Waals surface area contributed by atoms with Crippen LogP contribution in [0.4, 0.5) is 19.7 Å². The first-order chi connectivity index (χ1) is 19.2. The van der Waals surface area contributed by atoms with Gasteiger partial charge in [-0.3, -0.25) is 5.01 Å². The molecule has 2 aromatic rings. The number of ether oxygens (including phenoxy) is 3. The van der Waals surface area contributed by atoms with Crippen molar-refractivity contribution in [2.75, 3.05) is 31.2 Å². The number of nitrogens with one attached hydrogen (secondary N) is 1. The number of carbonyl (C=O) groups excluding carboxylic acids is 3. The maximum atomic E-state index is 14.3. The summed E-state index contributed by atoms with van der Waals surface area (Å²) < 4.78 is 30.1. The molecule has 224 valence electrons. The average molecular weight is 573 g/mol. The van der Waals surface area contributed by atoms with E-state index in [0.29, 0.717) is 18.8 Å². The van der Waals surface area contributed by atoms with E-state index in [0.717, 1.165) is 31.5 Å². The van der Waals surface area contributed by atoms with E-state index in [-0.39, 0.29) is 18.3 Å². The summed E-state index contributed by atoms with van der Waals surface area (Å²) in [5.74, 6) is -1.42. The van der Waals surface area contributed by atoms with Crippen LogP contribution in [0.5, 0.6) is 0 Å². The fourth-order valence-electron chi connectivity index (χ4n) is 4.02. The van der Waals surface area contributed by atoms with Crippen LogP contribution in [-0.4, -0.2) is 65.6 Å². The standard InChI is InChI=1S/C22H25FN2O4.C8H16N2O2/c1-22(2,3)29-21(27)25-13-7-12-24(25)17-10-11-19(23)18(14-17)20(26)28-15-16-8-5-4-6-9-16;1-8(2,3)12-7(11)10-6-4-5-9-10/h4-6,8-11,14H,7,12-13,15H2,1-3H3;9H,4-6H2,1-3H3. The van der Waals surface area contributed by atoms with Gasteiger partial charge in [0, 0.05) is 26.2 Å². The highest BCUT2D eigenvalue weighted by Crippen LogP contribution is 2.26. The Morgan fingerprint density at radius 1 is 0.854 bits per heavy atom. The second-order valence-corrected chi connectivity index (χ2v) is 11.7. The third-order valence-corrected chi connectivity index (χ3v) is 5.79. The van der Waals surface area contributed by atoms with Crippen LogP contribution in [-0.2, 0) is 20.8 Å². The Labute approximate surface area is 241 Å². The summed E-state index contributed by atoms with van der Waals surface area (Å²) in [6.07, 6.45) is 0.983.